The van der Waals surface area contributed by atoms with Crippen molar-refractivity contribution in [3.63, 3.8) is 0 Å². The molecule has 1 aliphatic heterocycles. The average Bonchev–Trinajstić information content (AvgIpc) is 3.26. The molecular weight excluding hydrogens is 418 g/mol. The largest absolute Gasteiger partial charge is 0.325 e. The number of amides is 4. The van der Waals surface area contributed by atoms with E-state index < -0.39 is 39.8 Å². The van der Waals surface area contributed by atoms with E-state index >= 15 is 0 Å². The number of benzene rings is 2. The van der Waals surface area contributed by atoms with E-state index in [0.29, 0.717) is 11.3 Å². The molecule has 4 rings (SSSR count). The molecule has 0 bridgehead atoms. The zero-order valence-corrected chi connectivity index (χ0v) is 18.1. The number of fused-ring (bicyclic) bond motifs is 1. The van der Waals surface area contributed by atoms with Crippen molar-refractivity contribution in [2.24, 2.45) is 0 Å². The van der Waals surface area contributed by atoms with E-state index in [4.69, 9.17) is 0 Å². The van der Waals surface area contributed by atoms with Crippen LogP contribution in [0.5, 0.6) is 0 Å². The second-order valence-corrected chi connectivity index (χ2v) is 10.1. The van der Waals surface area contributed by atoms with Gasteiger partial charge < -0.3 is 10.6 Å². The van der Waals surface area contributed by atoms with Gasteiger partial charge in [0.05, 0.1) is 4.90 Å². The van der Waals surface area contributed by atoms with Crippen molar-refractivity contribution in [3.8, 4) is 0 Å². The number of aryl methyl sites for hydroxylation is 2. The molecule has 2 aromatic rings. The van der Waals surface area contributed by atoms with Crippen molar-refractivity contribution in [2.45, 2.75) is 36.6 Å². The van der Waals surface area contributed by atoms with Gasteiger partial charge >= 0.3 is 6.03 Å². The number of anilines is 1. The van der Waals surface area contributed by atoms with Gasteiger partial charge in [-0.2, -0.15) is 0 Å². The molecule has 0 spiro atoms. The number of nitrogens with zero attached hydrogens (tertiary/aromatic N) is 1. The minimum Gasteiger partial charge on any atom is -0.325 e. The van der Waals surface area contributed by atoms with Crippen molar-refractivity contribution in [3.05, 3.63) is 59.2 Å². The molecule has 4 amide bonds. The van der Waals surface area contributed by atoms with Crippen LogP contribution in [0.15, 0.2) is 47.4 Å². The molecule has 0 aromatic heterocycles. The molecule has 31 heavy (non-hydrogen) atoms. The Morgan fingerprint density at radius 2 is 1.77 bits per heavy atom. The van der Waals surface area contributed by atoms with Crippen LogP contribution in [0.2, 0.25) is 0 Å². The third-order valence-electron chi connectivity index (χ3n) is 5.82. The lowest BCUT2D eigenvalue weighted by molar-refractivity contribution is -0.133. The van der Waals surface area contributed by atoms with Crippen molar-refractivity contribution in [1.29, 1.82) is 0 Å². The number of urea groups is 1. The van der Waals surface area contributed by atoms with E-state index in [1.54, 1.807) is 6.92 Å². The second-order valence-electron chi connectivity index (χ2n) is 8.13. The summed E-state index contributed by atoms with van der Waals surface area (Å²) < 4.78 is 23.1. The SMILES string of the molecule is CC1(c2ccc3c(c2)CCC3)NC(=O)N(CC(=O)Nc2ccc(S(C)(=O)=O)cc2)C1=O. The lowest BCUT2D eigenvalue weighted by Crippen LogP contribution is -2.42. The molecule has 1 aliphatic carbocycles. The Morgan fingerprint density at radius 1 is 1.10 bits per heavy atom. The van der Waals surface area contributed by atoms with E-state index in [-0.39, 0.29) is 4.90 Å². The van der Waals surface area contributed by atoms with Crippen molar-refractivity contribution < 1.29 is 22.8 Å². The van der Waals surface area contributed by atoms with Gasteiger partial charge in [-0.05, 0) is 67.1 Å². The van der Waals surface area contributed by atoms with E-state index in [1.807, 2.05) is 18.2 Å². The number of nitrogens with one attached hydrogen (secondary N) is 2. The highest BCUT2D eigenvalue weighted by Crippen LogP contribution is 2.32. The lowest BCUT2D eigenvalue weighted by Gasteiger charge is -2.23. The van der Waals surface area contributed by atoms with Gasteiger partial charge in [0.25, 0.3) is 5.91 Å². The van der Waals surface area contributed by atoms with Crippen LogP contribution in [0.4, 0.5) is 10.5 Å². The van der Waals surface area contributed by atoms with Crippen LogP contribution in [0, 0.1) is 0 Å². The average molecular weight is 442 g/mol. The molecule has 2 aromatic carbocycles. The summed E-state index contributed by atoms with van der Waals surface area (Å²) in [7, 11) is -3.34. The molecule has 1 fully saturated rings. The lowest BCUT2D eigenvalue weighted by atomic mass is 9.89. The van der Waals surface area contributed by atoms with E-state index in [0.717, 1.165) is 30.4 Å². The maximum absolute atomic E-state index is 13.1. The summed E-state index contributed by atoms with van der Waals surface area (Å²) >= 11 is 0. The van der Waals surface area contributed by atoms with Gasteiger partial charge in [0.1, 0.15) is 12.1 Å². The summed E-state index contributed by atoms with van der Waals surface area (Å²) in [5.74, 6) is -1.05. The third-order valence-corrected chi connectivity index (χ3v) is 6.95. The first kappa shape index (κ1) is 21.0. The summed E-state index contributed by atoms with van der Waals surface area (Å²) in [5.41, 5.74) is 2.29. The van der Waals surface area contributed by atoms with Crippen LogP contribution in [-0.4, -0.2) is 44.0 Å². The standard InChI is InChI=1S/C22H23N3O5S/c1-22(16-7-6-14-4-3-5-15(14)12-16)20(27)25(21(28)24-22)13-19(26)23-17-8-10-18(11-9-17)31(2,29)30/h6-12H,3-5,13H2,1-2H3,(H,23,26)(H,24,28). The summed E-state index contributed by atoms with van der Waals surface area (Å²) in [6.07, 6.45) is 4.14. The highest BCUT2D eigenvalue weighted by molar-refractivity contribution is 7.90. The van der Waals surface area contributed by atoms with Gasteiger partial charge in [0, 0.05) is 11.9 Å². The molecule has 0 saturated carbocycles. The minimum atomic E-state index is -3.34. The van der Waals surface area contributed by atoms with Crippen LogP contribution in [-0.2, 0) is 37.8 Å². The normalized spacial score (nSPS) is 20.5. The minimum absolute atomic E-state index is 0.129. The van der Waals surface area contributed by atoms with Crippen LogP contribution < -0.4 is 10.6 Å². The fraction of sp³-hybridized carbons (Fsp3) is 0.318. The summed E-state index contributed by atoms with van der Waals surface area (Å²) in [6, 6.07) is 10.9. The third kappa shape index (κ3) is 3.93. The van der Waals surface area contributed by atoms with Gasteiger partial charge in [-0.25, -0.2) is 13.2 Å². The van der Waals surface area contributed by atoms with E-state index in [2.05, 4.69) is 10.6 Å². The van der Waals surface area contributed by atoms with Gasteiger partial charge in [-0.1, -0.05) is 18.2 Å². The summed E-state index contributed by atoms with van der Waals surface area (Å²) in [5, 5.41) is 5.30. The number of carbonyl (C=O) groups is 3. The van der Waals surface area contributed by atoms with Gasteiger partial charge in [-0.3, -0.25) is 14.5 Å². The predicted molar refractivity (Wildman–Crippen MR) is 114 cm³/mol. The maximum atomic E-state index is 13.1. The predicted octanol–water partition coefficient (Wildman–Crippen LogP) is 1.98. The Bertz CT molecular complexity index is 1190. The maximum Gasteiger partial charge on any atom is 0.325 e. The molecule has 9 heteroatoms. The second kappa shape index (κ2) is 7.49. The Hall–Kier alpha value is -3.20. The fourth-order valence-corrected chi connectivity index (χ4v) is 4.68. The molecule has 162 valence electrons. The highest BCUT2D eigenvalue weighted by Gasteiger charge is 2.49. The topological polar surface area (TPSA) is 113 Å². The Balaban J connectivity index is 1.47. The summed E-state index contributed by atoms with van der Waals surface area (Å²) in [4.78, 5) is 39.0. The molecule has 0 radical (unpaired) electrons. The van der Waals surface area contributed by atoms with Gasteiger partial charge in [0.2, 0.25) is 5.91 Å². The van der Waals surface area contributed by atoms with Crippen molar-refractivity contribution in [1.82, 2.24) is 10.2 Å². The first-order valence-electron chi connectivity index (χ1n) is 9.94. The molecule has 8 nitrogen and oxygen atoms in total. The van der Waals surface area contributed by atoms with Crippen LogP contribution >= 0.6 is 0 Å². The molecular formula is C22H23N3O5S. The Labute approximate surface area is 180 Å². The fourth-order valence-electron chi connectivity index (χ4n) is 4.05. The number of sulfone groups is 1. The number of rotatable bonds is 5. The van der Waals surface area contributed by atoms with Crippen LogP contribution in [0.1, 0.15) is 30.0 Å². The van der Waals surface area contributed by atoms with Crippen molar-refractivity contribution >= 4 is 33.4 Å². The van der Waals surface area contributed by atoms with Crippen LogP contribution in [0.3, 0.4) is 0 Å². The smallest absolute Gasteiger partial charge is 0.325 e. The molecule has 1 saturated heterocycles. The first-order valence-corrected chi connectivity index (χ1v) is 11.8. The molecule has 1 heterocycles. The van der Waals surface area contributed by atoms with Crippen LogP contribution in [0.25, 0.3) is 0 Å². The Kier molecular flexibility index (Phi) is 5.09. The number of carbonyl (C=O) groups excluding carboxylic acids is 3. The van der Waals surface area contributed by atoms with Gasteiger partial charge in [0.15, 0.2) is 9.84 Å². The number of hydrogen-bond acceptors (Lipinski definition) is 5. The molecule has 1 atom stereocenters. The zero-order chi connectivity index (χ0) is 22.4. The Morgan fingerprint density at radius 3 is 2.45 bits per heavy atom. The number of imide groups is 1. The van der Waals surface area contributed by atoms with Crippen molar-refractivity contribution in [2.75, 3.05) is 18.1 Å². The highest BCUT2D eigenvalue weighted by atomic mass is 32.2. The zero-order valence-electron chi connectivity index (χ0n) is 17.3. The molecule has 2 N–H and O–H groups in total. The molecule has 2 aliphatic rings. The quantitative estimate of drug-likeness (QED) is 0.689. The monoisotopic (exact) mass is 441 g/mol. The van der Waals surface area contributed by atoms with Gasteiger partial charge in [-0.15, -0.1) is 0 Å². The van der Waals surface area contributed by atoms with E-state index in [9.17, 15) is 22.8 Å². The first-order chi connectivity index (χ1) is 14.6. The summed E-state index contributed by atoms with van der Waals surface area (Å²) in [6.45, 7) is 1.20. The van der Waals surface area contributed by atoms with E-state index in [1.165, 1.54) is 35.4 Å². The number of hydrogen-bond donors (Lipinski definition) is 2. The molecule has 1 unspecified atom stereocenters.